The Morgan fingerprint density at radius 3 is 1.31 bits per heavy atom. The zero-order valence-electron chi connectivity index (χ0n) is 18.3. The van der Waals surface area contributed by atoms with Gasteiger partial charge in [-0.05, 0) is 62.0 Å². The van der Waals surface area contributed by atoms with Gasteiger partial charge in [-0.15, -0.1) is 0 Å². The Kier molecular flexibility index (Phi) is 4.12. The van der Waals surface area contributed by atoms with E-state index in [1.165, 1.54) is 0 Å². The lowest BCUT2D eigenvalue weighted by molar-refractivity contribution is 1.50. The van der Waals surface area contributed by atoms with Gasteiger partial charge in [-0.2, -0.15) is 5.26 Å². The Bertz CT molecular complexity index is 2150. The summed E-state index contributed by atoms with van der Waals surface area (Å²) in [6, 6.07) is 18.9. The Balaban J connectivity index is 1.98. The third kappa shape index (κ3) is 2.40. The Morgan fingerprint density at radius 1 is 0.528 bits per heavy atom. The predicted octanol–water partition coefficient (Wildman–Crippen LogP) is 10.1. The molecule has 7 aromatic carbocycles. The molecule has 0 radical (unpaired) electrons. The third-order valence-corrected chi connectivity index (χ3v) is 8.41. The van der Waals surface area contributed by atoms with Crippen molar-refractivity contribution >= 4 is 113 Å². The van der Waals surface area contributed by atoms with Gasteiger partial charge in [-0.1, -0.05) is 67.0 Å². The number of rotatable bonds is 0. The van der Waals surface area contributed by atoms with Crippen LogP contribution in [0.5, 0.6) is 0 Å². The van der Waals surface area contributed by atoms with Crippen LogP contribution in [0.4, 0.5) is 11.4 Å². The highest BCUT2D eigenvalue weighted by Gasteiger charge is 2.24. The molecule has 0 aliphatic heterocycles. The minimum atomic E-state index is 0.526. The van der Waals surface area contributed by atoms with Gasteiger partial charge >= 0.3 is 0 Å². The van der Waals surface area contributed by atoms with Crippen molar-refractivity contribution in [3.63, 3.8) is 0 Å². The quantitative estimate of drug-likeness (QED) is 0.151. The fraction of sp³-hybridized carbons (Fsp3) is 0. The van der Waals surface area contributed by atoms with Gasteiger partial charge in [0.25, 0.3) is 0 Å². The van der Waals surface area contributed by atoms with Crippen molar-refractivity contribution in [3.8, 4) is 6.07 Å². The van der Waals surface area contributed by atoms with Crippen LogP contribution in [0.1, 0.15) is 5.56 Å². The molecule has 162 valence electrons. The van der Waals surface area contributed by atoms with Crippen molar-refractivity contribution in [1.29, 1.82) is 5.26 Å². The summed E-state index contributed by atoms with van der Waals surface area (Å²) in [5.74, 6) is 0. The van der Waals surface area contributed by atoms with Crippen LogP contribution in [-0.2, 0) is 0 Å². The number of benzene rings is 4. The summed E-state index contributed by atoms with van der Waals surface area (Å²) in [4.78, 5) is 7.30. The first-order chi connectivity index (χ1) is 17.5. The second-order valence-corrected chi connectivity index (χ2v) is 10.0. The smallest absolute Gasteiger partial charge is 0.187 e. The molecule has 0 amide bonds. The van der Waals surface area contributed by atoms with Gasteiger partial charge in [0.15, 0.2) is 11.4 Å². The highest BCUT2D eigenvalue weighted by molar-refractivity contribution is 7.72. The van der Waals surface area contributed by atoms with Crippen molar-refractivity contribution in [2.75, 3.05) is 0 Å². The van der Waals surface area contributed by atoms with Crippen molar-refractivity contribution in [3.05, 3.63) is 96.5 Å². The number of hydrogen-bond donors (Lipinski definition) is 0. The Labute approximate surface area is 219 Å². The fourth-order valence-electron chi connectivity index (χ4n) is 5.68. The predicted molar refractivity (Wildman–Crippen MR) is 155 cm³/mol. The van der Waals surface area contributed by atoms with Gasteiger partial charge in [0, 0.05) is 26.9 Å². The molecule has 0 spiro atoms. The molecule has 0 atom stereocenters. The minimum absolute atomic E-state index is 0.526. The van der Waals surface area contributed by atoms with Crippen molar-refractivity contribution in [2.45, 2.75) is 0 Å². The monoisotopic (exact) mass is 507 g/mol. The molecule has 0 unspecified atom stereocenters. The van der Waals surface area contributed by atoms with E-state index in [4.69, 9.17) is 49.8 Å². The highest BCUT2D eigenvalue weighted by atomic mass is 32.1. The number of hydrogen-bond acceptors (Lipinski definition) is 4. The molecule has 0 aromatic heterocycles. The maximum atomic E-state index is 9.62. The molecular formula is C30H9N3S3. The molecule has 0 saturated heterocycles. The first-order valence-electron chi connectivity index (χ1n) is 10.9. The van der Waals surface area contributed by atoms with Crippen molar-refractivity contribution in [1.82, 2.24) is 0 Å². The van der Waals surface area contributed by atoms with Crippen LogP contribution < -0.4 is 0 Å². The molecule has 36 heavy (non-hydrogen) atoms. The summed E-state index contributed by atoms with van der Waals surface area (Å²) in [5.41, 5.74) is 1.60. The summed E-state index contributed by atoms with van der Waals surface area (Å²) in [5, 5.41) is 20.3. The van der Waals surface area contributed by atoms with Crippen molar-refractivity contribution < 1.29 is 0 Å². The van der Waals surface area contributed by atoms with Gasteiger partial charge in [0.05, 0.1) is 38.3 Å². The van der Waals surface area contributed by atoms with E-state index in [0.717, 1.165) is 64.6 Å². The standard InChI is InChI=1S/C30H9N3S3/c1-32-14-4-7-17-20(10-14)24-26(29(17)35)22-19-9-13(12-31)3-6-16(19)28(34)25(22)23-21-11-15(33-2)5-8-18(21)30(36)27(23)24/h3-11H. The Hall–Kier alpha value is -4.38. The lowest BCUT2D eigenvalue weighted by Crippen LogP contribution is -1.76. The van der Waals surface area contributed by atoms with E-state index in [1.54, 1.807) is 18.2 Å². The summed E-state index contributed by atoms with van der Waals surface area (Å²) in [6.45, 7) is 15.1. The van der Waals surface area contributed by atoms with E-state index in [-0.39, 0.29) is 0 Å². The second-order valence-electron chi connectivity index (χ2n) is 8.79. The number of nitriles is 1. The maximum Gasteiger partial charge on any atom is 0.187 e. The third-order valence-electron chi connectivity index (χ3n) is 7.14. The van der Waals surface area contributed by atoms with Crippen LogP contribution in [0.3, 0.4) is 0 Å². The fourth-order valence-corrected chi connectivity index (χ4v) is 6.82. The number of nitrogens with zero attached hydrogens (tertiary/aromatic N) is 3. The van der Waals surface area contributed by atoms with E-state index in [2.05, 4.69) is 15.8 Å². The first-order valence-corrected chi connectivity index (χ1v) is 12.2. The van der Waals surface area contributed by atoms with E-state index in [0.29, 0.717) is 30.5 Å². The molecule has 0 aliphatic rings. The normalized spacial score (nSPS) is 11.6. The van der Waals surface area contributed by atoms with E-state index >= 15 is 0 Å². The minimum Gasteiger partial charge on any atom is -0.238 e. The molecule has 0 N–H and O–H groups in total. The summed E-state index contributed by atoms with van der Waals surface area (Å²) in [7, 11) is 0. The van der Waals surface area contributed by atoms with E-state index < -0.39 is 0 Å². The molecule has 0 bridgehead atoms. The first kappa shape index (κ1) is 20.9. The van der Waals surface area contributed by atoms with Crippen LogP contribution in [-0.4, -0.2) is 0 Å². The van der Waals surface area contributed by atoms with E-state index in [9.17, 15) is 5.26 Å². The molecule has 3 nitrogen and oxygen atoms in total. The van der Waals surface area contributed by atoms with Crippen LogP contribution in [0.15, 0.2) is 54.6 Å². The second kappa shape index (κ2) is 7.08. The van der Waals surface area contributed by atoms with Gasteiger partial charge in [-0.3, -0.25) is 0 Å². The molecule has 0 fully saturated rings. The summed E-state index contributed by atoms with van der Waals surface area (Å²) in [6.07, 6.45) is 0. The zero-order valence-corrected chi connectivity index (χ0v) is 20.7. The van der Waals surface area contributed by atoms with Gasteiger partial charge in [0.1, 0.15) is 0 Å². The number of fused-ring (bicyclic) bond motifs is 12. The van der Waals surface area contributed by atoms with Gasteiger partial charge in [-0.25, -0.2) is 9.69 Å². The summed E-state index contributed by atoms with van der Waals surface area (Å²) < 4.78 is 2.07. The lowest BCUT2D eigenvalue weighted by atomic mass is 9.99. The molecular weight excluding hydrogens is 499 g/mol. The molecule has 6 heteroatoms. The average Bonchev–Trinajstić information content (AvgIpc) is 3.48. The molecule has 0 heterocycles. The summed E-state index contributed by atoms with van der Waals surface area (Å²) >= 11 is 18.1. The van der Waals surface area contributed by atoms with E-state index in [1.807, 2.05) is 36.4 Å². The topological polar surface area (TPSA) is 32.5 Å². The van der Waals surface area contributed by atoms with Crippen LogP contribution in [0, 0.1) is 38.0 Å². The SMILES string of the molecule is [C-]#[N+]c1ccc2c(=S)c3c4c5cc(C#N)ccc5c(=S)c4c4c5cc([N+]#[C-])ccc5c(=S)c4c3c2c1. The van der Waals surface area contributed by atoms with Crippen LogP contribution >= 0.6 is 36.7 Å². The lowest BCUT2D eigenvalue weighted by Gasteiger charge is -2.03. The van der Waals surface area contributed by atoms with Crippen LogP contribution in [0.25, 0.3) is 74.3 Å². The van der Waals surface area contributed by atoms with Gasteiger partial charge in [0.2, 0.25) is 0 Å². The molecule has 0 saturated carbocycles. The largest absolute Gasteiger partial charge is 0.238 e. The highest BCUT2D eigenvalue weighted by Crippen LogP contribution is 2.50. The average molecular weight is 508 g/mol. The maximum absolute atomic E-state index is 9.62. The molecule has 7 aromatic rings. The Morgan fingerprint density at radius 2 is 0.917 bits per heavy atom. The molecule has 0 aliphatic carbocycles. The van der Waals surface area contributed by atoms with Crippen molar-refractivity contribution in [2.24, 2.45) is 0 Å². The van der Waals surface area contributed by atoms with Crippen LogP contribution in [0.2, 0.25) is 0 Å². The van der Waals surface area contributed by atoms with Gasteiger partial charge < -0.3 is 0 Å². The molecule has 7 rings (SSSR count). The zero-order chi connectivity index (χ0) is 24.9.